The lowest BCUT2D eigenvalue weighted by Gasteiger charge is -2.24. The maximum absolute atomic E-state index is 12.7. The molecule has 106 valence electrons. The zero-order valence-corrected chi connectivity index (χ0v) is 12.3. The molecule has 4 heteroatoms. The summed E-state index contributed by atoms with van der Waals surface area (Å²) in [6.07, 6.45) is 2.21. The van der Waals surface area contributed by atoms with Crippen LogP contribution < -0.4 is 5.32 Å². The Hall–Kier alpha value is -1.09. The first kappa shape index (κ1) is 16.0. The van der Waals surface area contributed by atoms with Crippen LogP contribution in [0.4, 0.5) is 4.39 Å². The van der Waals surface area contributed by atoms with E-state index in [1.807, 2.05) is 0 Å². The maximum atomic E-state index is 12.7. The molecule has 0 aromatic heterocycles. The zero-order valence-electron chi connectivity index (χ0n) is 11.5. The van der Waals surface area contributed by atoms with Crippen LogP contribution in [0, 0.1) is 11.2 Å². The highest BCUT2D eigenvalue weighted by atomic mass is 35.5. The van der Waals surface area contributed by atoms with E-state index in [0.717, 1.165) is 18.4 Å². The zero-order chi connectivity index (χ0) is 14.3. The number of rotatable bonds is 7. The van der Waals surface area contributed by atoms with E-state index in [4.69, 9.17) is 11.6 Å². The van der Waals surface area contributed by atoms with Gasteiger partial charge in [-0.1, -0.05) is 26.0 Å². The fourth-order valence-electron chi connectivity index (χ4n) is 1.82. The highest BCUT2D eigenvalue weighted by molar-refractivity contribution is 6.17. The molecule has 1 rings (SSSR count). The summed E-state index contributed by atoms with van der Waals surface area (Å²) in [5.41, 5.74) is 0.866. The Kier molecular flexibility index (Phi) is 6.29. The van der Waals surface area contributed by atoms with Gasteiger partial charge in [-0.15, -0.1) is 11.6 Å². The van der Waals surface area contributed by atoms with Crippen molar-refractivity contribution in [2.24, 2.45) is 5.41 Å². The largest absolute Gasteiger partial charge is 0.355 e. The fourth-order valence-corrected chi connectivity index (χ4v) is 1.96. The number of hydrogen-bond donors (Lipinski definition) is 1. The third-order valence-corrected chi connectivity index (χ3v) is 3.30. The molecule has 0 unspecified atom stereocenters. The number of alkyl halides is 1. The number of benzene rings is 1. The van der Waals surface area contributed by atoms with Gasteiger partial charge in [0, 0.05) is 12.4 Å². The van der Waals surface area contributed by atoms with Gasteiger partial charge in [0.05, 0.1) is 6.42 Å². The molecule has 1 N–H and O–H groups in total. The number of carbonyl (C=O) groups excluding carboxylic acids is 1. The first-order valence-electron chi connectivity index (χ1n) is 6.50. The highest BCUT2D eigenvalue weighted by Gasteiger charge is 2.18. The van der Waals surface area contributed by atoms with Crippen LogP contribution in [0.1, 0.15) is 32.3 Å². The van der Waals surface area contributed by atoms with Crippen molar-refractivity contribution in [2.75, 3.05) is 12.4 Å². The molecule has 0 radical (unpaired) electrons. The molecule has 0 spiro atoms. The molecule has 0 saturated carbocycles. The summed E-state index contributed by atoms with van der Waals surface area (Å²) >= 11 is 5.67. The lowest BCUT2D eigenvalue weighted by molar-refractivity contribution is -0.120. The van der Waals surface area contributed by atoms with E-state index >= 15 is 0 Å². The van der Waals surface area contributed by atoms with Crippen molar-refractivity contribution in [3.8, 4) is 0 Å². The molecule has 1 aromatic rings. The third-order valence-electron chi connectivity index (χ3n) is 3.03. The molecule has 0 aliphatic carbocycles. The molecule has 0 saturated heterocycles. The Bertz CT molecular complexity index is 403. The van der Waals surface area contributed by atoms with Gasteiger partial charge in [0.15, 0.2) is 0 Å². The Labute approximate surface area is 119 Å². The van der Waals surface area contributed by atoms with Crippen LogP contribution in [0.15, 0.2) is 24.3 Å². The highest BCUT2D eigenvalue weighted by Crippen LogP contribution is 2.21. The van der Waals surface area contributed by atoms with Crippen molar-refractivity contribution in [2.45, 2.75) is 33.1 Å². The van der Waals surface area contributed by atoms with Crippen LogP contribution >= 0.6 is 11.6 Å². The van der Waals surface area contributed by atoms with Gasteiger partial charge >= 0.3 is 0 Å². The molecule has 19 heavy (non-hydrogen) atoms. The normalized spacial score (nSPS) is 11.4. The first-order chi connectivity index (χ1) is 8.93. The topological polar surface area (TPSA) is 29.1 Å². The molecule has 0 bridgehead atoms. The van der Waals surface area contributed by atoms with E-state index in [1.54, 1.807) is 12.1 Å². The van der Waals surface area contributed by atoms with E-state index in [2.05, 4.69) is 19.2 Å². The minimum absolute atomic E-state index is 0.0365. The third kappa shape index (κ3) is 6.58. The summed E-state index contributed by atoms with van der Waals surface area (Å²) in [6, 6.07) is 6.00. The van der Waals surface area contributed by atoms with Gasteiger partial charge in [-0.3, -0.25) is 4.79 Å². The van der Waals surface area contributed by atoms with Gasteiger partial charge in [-0.25, -0.2) is 4.39 Å². The molecule has 1 amide bonds. The number of hydrogen-bond acceptors (Lipinski definition) is 1. The minimum atomic E-state index is -0.286. The van der Waals surface area contributed by atoms with Crippen LogP contribution in [-0.4, -0.2) is 18.3 Å². The van der Waals surface area contributed by atoms with Gasteiger partial charge in [0.25, 0.3) is 0 Å². The maximum Gasteiger partial charge on any atom is 0.224 e. The van der Waals surface area contributed by atoms with Gasteiger partial charge < -0.3 is 5.32 Å². The van der Waals surface area contributed by atoms with E-state index < -0.39 is 0 Å². The monoisotopic (exact) mass is 285 g/mol. The van der Waals surface area contributed by atoms with Gasteiger partial charge in [-0.2, -0.15) is 0 Å². The predicted molar refractivity (Wildman–Crippen MR) is 76.8 cm³/mol. The number of halogens is 2. The van der Waals surface area contributed by atoms with Crippen molar-refractivity contribution in [1.29, 1.82) is 0 Å². The lowest BCUT2D eigenvalue weighted by Crippen LogP contribution is -2.34. The van der Waals surface area contributed by atoms with Crippen LogP contribution in [0.5, 0.6) is 0 Å². The van der Waals surface area contributed by atoms with E-state index in [1.165, 1.54) is 12.1 Å². The molecule has 1 aromatic carbocycles. The van der Waals surface area contributed by atoms with E-state index in [0.29, 0.717) is 12.4 Å². The number of amides is 1. The number of carbonyl (C=O) groups is 1. The molecule has 0 aliphatic rings. The molecular formula is C15H21ClFNO. The fraction of sp³-hybridized carbons (Fsp3) is 0.533. The van der Waals surface area contributed by atoms with Crippen molar-refractivity contribution < 1.29 is 9.18 Å². The van der Waals surface area contributed by atoms with Gasteiger partial charge in [0.1, 0.15) is 5.82 Å². The summed E-state index contributed by atoms with van der Waals surface area (Å²) in [5.74, 6) is 0.323. The second-order valence-electron chi connectivity index (χ2n) is 5.54. The summed E-state index contributed by atoms with van der Waals surface area (Å²) in [4.78, 5) is 11.8. The average Bonchev–Trinajstić information content (AvgIpc) is 2.37. The Morgan fingerprint density at radius 2 is 1.95 bits per heavy atom. The number of nitrogens with one attached hydrogen (secondary N) is 1. The second kappa shape index (κ2) is 7.49. The Balaban J connectivity index is 2.37. The summed E-state index contributed by atoms with van der Waals surface area (Å²) in [5, 5.41) is 2.92. The first-order valence-corrected chi connectivity index (χ1v) is 7.03. The molecule has 0 atom stereocenters. The molecule has 0 fully saturated rings. The second-order valence-corrected chi connectivity index (χ2v) is 5.91. The van der Waals surface area contributed by atoms with E-state index in [-0.39, 0.29) is 23.6 Å². The molecule has 0 aliphatic heterocycles. The molecular weight excluding hydrogens is 265 g/mol. The smallest absolute Gasteiger partial charge is 0.224 e. The van der Waals surface area contributed by atoms with E-state index in [9.17, 15) is 9.18 Å². The van der Waals surface area contributed by atoms with Crippen LogP contribution in [0.2, 0.25) is 0 Å². The average molecular weight is 286 g/mol. The summed E-state index contributed by atoms with van der Waals surface area (Å²) < 4.78 is 12.7. The minimum Gasteiger partial charge on any atom is -0.355 e. The van der Waals surface area contributed by atoms with Crippen LogP contribution in [-0.2, 0) is 11.2 Å². The Morgan fingerprint density at radius 3 is 2.53 bits per heavy atom. The van der Waals surface area contributed by atoms with Crippen molar-refractivity contribution in [1.82, 2.24) is 5.32 Å². The lowest BCUT2D eigenvalue weighted by atomic mass is 9.88. The van der Waals surface area contributed by atoms with Gasteiger partial charge in [-0.05, 0) is 36.0 Å². The SMILES string of the molecule is CC(C)(CCCCl)CNC(=O)Cc1ccc(F)cc1. The van der Waals surface area contributed by atoms with Crippen LogP contribution in [0.3, 0.4) is 0 Å². The molecule has 2 nitrogen and oxygen atoms in total. The molecule has 0 heterocycles. The van der Waals surface area contributed by atoms with Crippen molar-refractivity contribution >= 4 is 17.5 Å². The van der Waals surface area contributed by atoms with Crippen molar-refractivity contribution in [3.05, 3.63) is 35.6 Å². The quantitative estimate of drug-likeness (QED) is 0.763. The van der Waals surface area contributed by atoms with Crippen LogP contribution in [0.25, 0.3) is 0 Å². The van der Waals surface area contributed by atoms with Gasteiger partial charge in [0.2, 0.25) is 5.91 Å². The predicted octanol–water partition coefficient (Wildman–Crippen LogP) is 3.53. The standard InChI is InChI=1S/C15H21ClFNO/c1-15(2,8-3-9-16)11-18-14(19)10-12-4-6-13(17)7-5-12/h4-7H,3,8-11H2,1-2H3,(H,18,19). The van der Waals surface area contributed by atoms with Crippen molar-refractivity contribution in [3.63, 3.8) is 0 Å². The summed E-state index contributed by atoms with van der Waals surface area (Å²) in [7, 11) is 0. The Morgan fingerprint density at radius 1 is 1.32 bits per heavy atom. The summed E-state index contributed by atoms with van der Waals surface area (Å²) in [6.45, 7) is 4.85.